The molecule has 0 bridgehead atoms. The van der Waals surface area contributed by atoms with Gasteiger partial charge in [-0.25, -0.2) is 0 Å². The van der Waals surface area contributed by atoms with E-state index in [2.05, 4.69) is 29.6 Å². The number of hydrogen-bond donors (Lipinski definition) is 1. The van der Waals surface area contributed by atoms with Gasteiger partial charge in [0.1, 0.15) is 0 Å². The maximum absolute atomic E-state index is 14.1. The van der Waals surface area contributed by atoms with Crippen molar-refractivity contribution in [3.8, 4) is 0 Å². The zero-order valence-corrected chi connectivity index (χ0v) is 22.7. The molecule has 2 amide bonds. The van der Waals surface area contributed by atoms with Crippen molar-refractivity contribution in [3.63, 3.8) is 0 Å². The van der Waals surface area contributed by atoms with Crippen molar-refractivity contribution >= 4 is 11.8 Å². The molecule has 202 valence electrons. The fourth-order valence-electron chi connectivity index (χ4n) is 6.31. The molecule has 2 saturated heterocycles. The lowest BCUT2D eigenvalue weighted by atomic mass is 9.88. The van der Waals surface area contributed by atoms with Gasteiger partial charge >= 0.3 is 0 Å². The van der Waals surface area contributed by atoms with E-state index in [1.54, 1.807) is 0 Å². The standard InChI is InChI=1S/C35H35N3O2/c39-33-31(25-27-13-5-1-6-14-27)36-35(38(33)26-28-15-7-2-8-16-28)21-23-37(24-22-35)34(40)32(29-17-9-3-10-18-29)30-19-11-4-12-20-30/h1-20,31-32,36H,21-26H2. The Kier molecular flexibility index (Phi) is 7.47. The van der Waals surface area contributed by atoms with Crippen LogP contribution in [0, 0.1) is 0 Å². The number of hydrogen-bond acceptors (Lipinski definition) is 3. The Hall–Kier alpha value is -4.22. The minimum atomic E-state index is -0.474. The van der Waals surface area contributed by atoms with Gasteiger partial charge in [0.05, 0.1) is 17.6 Å². The second-order valence-corrected chi connectivity index (χ2v) is 10.9. The molecule has 2 aliphatic rings. The summed E-state index contributed by atoms with van der Waals surface area (Å²) >= 11 is 0. The fourth-order valence-corrected chi connectivity index (χ4v) is 6.31. The molecule has 1 spiro atoms. The predicted molar refractivity (Wildman–Crippen MR) is 157 cm³/mol. The Morgan fingerprint density at radius 3 is 1.73 bits per heavy atom. The van der Waals surface area contributed by atoms with Crippen molar-refractivity contribution in [2.75, 3.05) is 13.1 Å². The highest BCUT2D eigenvalue weighted by atomic mass is 16.2. The Bertz CT molecular complexity index is 1380. The topological polar surface area (TPSA) is 52.7 Å². The molecule has 6 rings (SSSR count). The summed E-state index contributed by atoms with van der Waals surface area (Å²) in [5, 5.41) is 3.77. The van der Waals surface area contributed by atoms with Crippen LogP contribution >= 0.6 is 0 Å². The van der Waals surface area contributed by atoms with Gasteiger partial charge < -0.3 is 9.80 Å². The maximum Gasteiger partial charge on any atom is 0.241 e. The Morgan fingerprint density at radius 2 is 1.20 bits per heavy atom. The lowest BCUT2D eigenvalue weighted by Crippen LogP contribution is -2.59. The number of nitrogens with one attached hydrogen (secondary N) is 1. The first-order chi connectivity index (χ1) is 19.6. The summed E-state index contributed by atoms with van der Waals surface area (Å²) in [6.07, 6.45) is 2.04. The minimum Gasteiger partial charge on any atom is -0.342 e. The first-order valence-electron chi connectivity index (χ1n) is 14.2. The summed E-state index contributed by atoms with van der Waals surface area (Å²) in [6.45, 7) is 1.75. The number of carbonyl (C=O) groups is 2. The Balaban J connectivity index is 1.24. The molecule has 0 aromatic heterocycles. The zero-order chi connectivity index (χ0) is 27.4. The smallest absolute Gasteiger partial charge is 0.241 e. The number of carbonyl (C=O) groups excluding carboxylic acids is 2. The van der Waals surface area contributed by atoms with Crippen LogP contribution in [0.4, 0.5) is 0 Å². The number of amides is 2. The molecule has 1 atom stereocenters. The molecular weight excluding hydrogens is 494 g/mol. The molecule has 0 saturated carbocycles. The minimum absolute atomic E-state index is 0.118. The molecule has 2 fully saturated rings. The van der Waals surface area contributed by atoms with Crippen LogP contribution in [0.3, 0.4) is 0 Å². The van der Waals surface area contributed by atoms with E-state index in [1.165, 1.54) is 0 Å². The highest BCUT2D eigenvalue weighted by Gasteiger charge is 2.52. The average Bonchev–Trinajstić information content (AvgIpc) is 3.25. The van der Waals surface area contributed by atoms with Crippen molar-refractivity contribution in [2.24, 2.45) is 0 Å². The third-order valence-corrected chi connectivity index (χ3v) is 8.40. The largest absolute Gasteiger partial charge is 0.342 e. The van der Waals surface area contributed by atoms with E-state index < -0.39 is 5.66 Å². The number of rotatable bonds is 7. The average molecular weight is 530 g/mol. The highest BCUT2D eigenvalue weighted by molar-refractivity contribution is 5.88. The van der Waals surface area contributed by atoms with Crippen LogP contribution in [0.5, 0.6) is 0 Å². The highest BCUT2D eigenvalue weighted by Crippen LogP contribution is 2.36. The van der Waals surface area contributed by atoms with Crippen LogP contribution in [-0.2, 0) is 22.6 Å². The van der Waals surface area contributed by atoms with Crippen molar-refractivity contribution in [3.05, 3.63) is 144 Å². The Morgan fingerprint density at radius 1 is 0.725 bits per heavy atom. The van der Waals surface area contributed by atoms with Crippen LogP contribution in [0.1, 0.15) is 41.0 Å². The third-order valence-electron chi connectivity index (χ3n) is 8.40. The lowest BCUT2D eigenvalue weighted by Gasteiger charge is -2.45. The van der Waals surface area contributed by atoms with E-state index in [1.807, 2.05) is 107 Å². The summed E-state index contributed by atoms with van der Waals surface area (Å²) < 4.78 is 0. The van der Waals surface area contributed by atoms with E-state index in [9.17, 15) is 9.59 Å². The summed E-state index contributed by atoms with van der Waals surface area (Å²) in [5.74, 6) is -0.0909. The summed E-state index contributed by atoms with van der Waals surface area (Å²) in [4.78, 5) is 32.0. The van der Waals surface area contributed by atoms with Gasteiger partial charge in [0, 0.05) is 32.5 Å². The molecule has 2 heterocycles. The van der Waals surface area contributed by atoms with Gasteiger partial charge in [0.25, 0.3) is 0 Å². The molecule has 5 nitrogen and oxygen atoms in total. The van der Waals surface area contributed by atoms with E-state index in [0.29, 0.717) is 38.9 Å². The number of likely N-dealkylation sites (tertiary alicyclic amines) is 1. The second-order valence-electron chi connectivity index (χ2n) is 10.9. The van der Waals surface area contributed by atoms with Gasteiger partial charge in [-0.2, -0.15) is 0 Å². The molecule has 0 aliphatic carbocycles. The summed E-state index contributed by atoms with van der Waals surface area (Å²) in [6, 6.07) is 40.2. The van der Waals surface area contributed by atoms with Crippen molar-refractivity contribution < 1.29 is 9.59 Å². The van der Waals surface area contributed by atoms with Crippen LogP contribution in [0.25, 0.3) is 0 Å². The normalized spacial score (nSPS) is 18.4. The van der Waals surface area contributed by atoms with Gasteiger partial charge in [-0.1, -0.05) is 121 Å². The van der Waals surface area contributed by atoms with Crippen LogP contribution in [0.2, 0.25) is 0 Å². The molecule has 2 aliphatic heterocycles. The van der Waals surface area contributed by atoms with Crippen LogP contribution in [0.15, 0.2) is 121 Å². The van der Waals surface area contributed by atoms with Crippen LogP contribution in [-0.4, -0.2) is 46.4 Å². The predicted octanol–water partition coefficient (Wildman–Crippen LogP) is 5.38. The summed E-state index contributed by atoms with van der Waals surface area (Å²) in [5.41, 5.74) is 3.79. The van der Waals surface area contributed by atoms with Gasteiger partial charge in [-0.15, -0.1) is 0 Å². The molecular formula is C35H35N3O2. The van der Waals surface area contributed by atoms with Crippen molar-refractivity contribution in [1.29, 1.82) is 0 Å². The maximum atomic E-state index is 14.1. The molecule has 4 aromatic carbocycles. The number of benzene rings is 4. The van der Waals surface area contributed by atoms with Gasteiger partial charge in [-0.05, 0) is 28.7 Å². The molecule has 4 aromatic rings. The molecule has 0 radical (unpaired) electrons. The van der Waals surface area contributed by atoms with E-state index in [-0.39, 0.29) is 23.8 Å². The molecule has 40 heavy (non-hydrogen) atoms. The number of nitrogens with zero attached hydrogens (tertiary/aromatic N) is 2. The quantitative estimate of drug-likeness (QED) is 0.350. The molecule has 1 unspecified atom stereocenters. The van der Waals surface area contributed by atoms with Crippen molar-refractivity contribution in [2.45, 2.75) is 43.4 Å². The third kappa shape index (κ3) is 5.30. The van der Waals surface area contributed by atoms with E-state index in [0.717, 1.165) is 22.3 Å². The Labute approximate surface area is 236 Å². The van der Waals surface area contributed by atoms with Gasteiger partial charge in [0.15, 0.2) is 0 Å². The second kappa shape index (κ2) is 11.5. The van der Waals surface area contributed by atoms with E-state index in [4.69, 9.17) is 0 Å². The number of piperidine rings is 1. The van der Waals surface area contributed by atoms with Gasteiger partial charge in [0.2, 0.25) is 11.8 Å². The fraction of sp³-hybridized carbons (Fsp3) is 0.257. The lowest BCUT2D eigenvalue weighted by molar-refractivity contribution is -0.138. The SMILES string of the molecule is O=C(C(c1ccccc1)c1ccccc1)N1CCC2(CC1)NC(Cc1ccccc1)C(=O)N2Cc1ccccc1. The summed E-state index contributed by atoms with van der Waals surface area (Å²) in [7, 11) is 0. The van der Waals surface area contributed by atoms with Crippen molar-refractivity contribution in [1.82, 2.24) is 15.1 Å². The first kappa shape index (κ1) is 26.0. The van der Waals surface area contributed by atoms with Gasteiger partial charge in [-0.3, -0.25) is 14.9 Å². The first-order valence-corrected chi connectivity index (χ1v) is 14.2. The van der Waals surface area contributed by atoms with Crippen LogP contribution < -0.4 is 5.32 Å². The van der Waals surface area contributed by atoms with E-state index >= 15 is 0 Å². The molecule has 1 N–H and O–H groups in total. The zero-order valence-electron chi connectivity index (χ0n) is 22.7. The molecule has 5 heteroatoms. The monoisotopic (exact) mass is 529 g/mol.